The second kappa shape index (κ2) is 11.8. The van der Waals surface area contributed by atoms with Crippen LogP contribution in [0.3, 0.4) is 0 Å². The van der Waals surface area contributed by atoms with Gasteiger partial charge in [0.1, 0.15) is 12.2 Å². The van der Waals surface area contributed by atoms with Gasteiger partial charge in [-0.1, -0.05) is 30.3 Å². The van der Waals surface area contributed by atoms with Crippen LogP contribution in [0.4, 0.5) is 9.59 Å². The maximum atomic E-state index is 11.9. The summed E-state index contributed by atoms with van der Waals surface area (Å²) in [6.45, 7) is 5.83. The van der Waals surface area contributed by atoms with Crippen LogP contribution >= 0.6 is 0 Å². The molecule has 0 heterocycles. The largest absolute Gasteiger partial charge is 0.445 e. The molecule has 8 nitrogen and oxygen atoms in total. The van der Waals surface area contributed by atoms with E-state index in [0.717, 1.165) is 5.56 Å². The van der Waals surface area contributed by atoms with Crippen LogP contribution < -0.4 is 10.6 Å². The predicted octanol–water partition coefficient (Wildman–Crippen LogP) is 2.86. The zero-order chi connectivity index (χ0) is 21.0. The van der Waals surface area contributed by atoms with Crippen LogP contribution in [-0.2, 0) is 16.1 Å². The Bertz CT molecular complexity index is 652. The molecule has 0 saturated heterocycles. The van der Waals surface area contributed by atoms with Gasteiger partial charge < -0.3 is 25.2 Å². The minimum Gasteiger partial charge on any atom is -0.445 e. The summed E-state index contributed by atoms with van der Waals surface area (Å²) >= 11 is 0. The number of hydrogen-bond acceptors (Lipinski definition) is 6. The first kappa shape index (κ1) is 23.2. The number of aliphatic hydroxyl groups excluding tert-OH is 1. The zero-order valence-electron chi connectivity index (χ0n) is 16.6. The first-order valence-electron chi connectivity index (χ1n) is 9.23. The molecule has 154 valence electrons. The van der Waals surface area contributed by atoms with Gasteiger partial charge in [-0.15, -0.1) is 0 Å². The van der Waals surface area contributed by atoms with Gasteiger partial charge >= 0.3 is 12.2 Å². The lowest BCUT2D eigenvalue weighted by atomic mass is 10.1. The van der Waals surface area contributed by atoms with Crippen LogP contribution in [0.2, 0.25) is 0 Å². The topological polar surface area (TPSA) is 121 Å². The fourth-order valence-electron chi connectivity index (χ4n) is 2.31. The summed E-state index contributed by atoms with van der Waals surface area (Å²) in [4.78, 5) is 23.5. The second-order valence-electron chi connectivity index (χ2n) is 7.31. The van der Waals surface area contributed by atoms with Gasteiger partial charge in [-0.25, -0.2) is 9.59 Å². The zero-order valence-corrected chi connectivity index (χ0v) is 16.6. The maximum Gasteiger partial charge on any atom is 0.407 e. The fourth-order valence-corrected chi connectivity index (χ4v) is 2.31. The highest BCUT2D eigenvalue weighted by molar-refractivity contribution is 5.68. The molecule has 0 bridgehead atoms. The third kappa shape index (κ3) is 10.4. The van der Waals surface area contributed by atoms with Crippen molar-refractivity contribution in [2.45, 2.75) is 64.4 Å². The average molecular weight is 391 g/mol. The molecule has 0 fully saturated rings. The van der Waals surface area contributed by atoms with Gasteiger partial charge in [-0.2, -0.15) is 5.26 Å². The van der Waals surface area contributed by atoms with E-state index in [1.165, 1.54) is 0 Å². The van der Waals surface area contributed by atoms with E-state index in [1.54, 1.807) is 26.8 Å². The first-order chi connectivity index (χ1) is 13.2. The molecule has 0 aliphatic rings. The Hall–Kier alpha value is -2.79. The SMILES string of the molecule is CC(C)(C)OC(=O)NCCCCC(NC(=O)OCc1ccccc1)C(O)C#N. The molecule has 8 heteroatoms. The van der Waals surface area contributed by atoms with E-state index in [0.29, 0.717) is 25.8 Å². The molecule has 2 amide bonds. The van der Waals surface area contributed by atoms with Crippen molar-refractivity contribution in [2.75, 3.05) is 6.54 Å². The van der Waals surface area contributed by atoms with E-state index < -0.39 is 29.9 Å². The lowest BCUT2D eigenvalue weighted by Crippen LogP contribution is -2.43. The van der Waals surface area contributed by atoms with E-state index in [2.05, 4.69) is 10.6 Å². The molecule has 1 aromatic carbocycles. The molecule has 2 atom stereocenters. The van der Waals surface area contributed by atoms with E-state index in [-0.39, 0.29) is 6.61 Å². The molecule has 3 N–H and O–H groups in total. The average Bonchev–Trinajstić information content (AvgIpc) is 2.64. The molecule has 0 radical (unpaired) electrons. The summed E-state index contributed by atoms with van der Waals surface area (Å²) in [7, 11) is 0. The van der Waals surface area contributed by atoms with Crippen LogP contribution in [0.25, 0.3) is 0 Å². The Labute approximate surface area is 165 Å². The quantitative estimate of drug-likeness (QED) is 0.440. The van der Waals surface area contributed by atoms with Crippen molar-refractivity contribution in [2.24, 2.45) is 0 Å². The molecule has 1 rings (SSSR count). The number of carbonyl (C=O) groups is 2. The van der Waals surface area contributed by atoms with Crippen molar-refractivity contribution in [3.63, 3.8) is 0 Å². The lowest BCUT2D eigenvalue weighted by molar-refractivity contribution is 0.0526. The number of amides is 2. The number of ether oxygens (including phenoxy) is 2. The van der Waals surface area contributed by atoms with E-state index >= 15 is 0 Å². The van der Waals surface area contributed by atoms with E-state index in [9.17, 15) is 14.7 Å². The number of nitriles is 1. The molecule has 0 aliphatic carbocycles. The number of alkyl carbamates (subject to hydrolysis) is 2. The maximum absolute atomic E-state index is 11.9. The highest BCUT2D eigenvalue weighted by atomic mass is 16.6. The molecule has 0 aromatic heterocycles. The summed E-state index contributed by atoms with van der Waals surface area (Å²) < 4.78 is 10.2. The summed E-state index contributed by atoms with van der Waals surface area (Å²) in [5.74, 6) is 0. The first-order valence-corrected chi connectivity index (χ1v) is 9.23. The highest BCUT2D eigenvalue weighted by Crippen LogP contribution is 2.08. The van der Waals surface area contributed by atoms with Crippen molar-refractivity contribution < 1.29 is 24.2 Å². The Morgan fingerprint density at radius 3 is 2.46 bits per heavy atom. The predicted molar refractivity (Wildman–Crippen MR) is 103 cm³/mol. The van der Waals surface area contributed by atoms with E-state index in [1.807, 2.05) is 30.3 Å². The molecule has 0 saturated carbocycles. The van der Waals surface area contributed by atoms with Crippen molar-refractivity contribution in [1.29, 1.82) is 5.26 Å². The van der Waals surface area contributed by atoms with Crippen molar-refractivity contribution in [1.82, 2.24) is 10.6 Å². The van der Waals surface area contributed by atoms with Gasteiger partial charge in [0.25, 0.3) is 0 Å². The number of carbonyl (C=O) groups excluding carboxylic acids is 2. The molecule has 28 heavy (non-hydrogen) atoms. The van der Waals surface area contributed by atoms with Crippen LogP contribution in [0.1, 0.15) is 45.6 Å². The number of rotatable bonds is 9. The number of benzene rings is 1. The third-order valence-corrected chi connectivity index (χ3v) is 3.64. The molecule has 0 aliphatic heterocycles. The number of unbranched alkanes of at least 4 members (excludes halogenated alkanes) is 1. The fraction of sp³-hybridized carbons (Fsp3) is 0.550. The smallest absolute Gasteiger partial charge is 0.407 e. The Kier molecular flexibility index (Phi) is 9.82. The van der Waals surface area contributed by atoms with Gasteiger partial charge in [0, 0.05) is 6.54 Å². The van der Waals surface area contributed by atoms with Crippen molar-refractivity contribution in [3.05, 3.63) is 35.9 Å². The molecular weight excluding hydrogens is 362 g/mol. The number of nitrogens with zero attached hydrogens (tertiary/aromatic N) is 1. The Morgan fingerprint density at radius 2 is 1.86 bits per heavy atom. The minimum atomic E-state index is -1.34. The minimum absolute atomic E-state index is 0.0991. The van der Waals surface area contributed by atoms with Gasteiger partial charge in [-0.3, -0.25) is 0 Å². The standard InChI is InChI=1S/C20H29N3O5/c1-20(2,3)28-18(25)22-12-8-7-11-16(17(24)13-21)23-19(26)27-14-15-9-5-4-6-10-15/h4-6,9-10,16-17,24H,7-8,11-12,14H2,1-3H3,(H,22,25)(H,23,26). The molecule has 0 spiro atoms. The van der Waals surface area contributed by atoms with Gasteiger partial charge in [0.15, 0.2) is 6.10 Å². The highest BCUT2D eigenvalue weighted by Gasteiger charge is 2.21. The number of nitrogens with one attached hydrogen (secondary N) is 2. The van der Waals surface area contributed by atoms with Crippen LogP contribution in [-0.4, -0.2) is 41.6 Å². The van der Waals surface area contributed by atoms with Crippen LogP contribution in [0.15, 0.2) is 30.3 Å². The normalized spacial score (nSPS) is 13.0. The lowest BCUT2D eigenvalue weighted by Gasteiger charge is -2.20. The third-order valence-electron chi connectivity index (χ3n) is 3.64. The summed E-state index contributed by atoms with van der Waals surface area (Å²) in [5, 5.41) is 23.9. The number of aliphatic hydroxyl groups is 1. The van der Waals surface area contributed by atoms with Gasteiger partial charge in [0.2, 0.25) is 0 Å². The summed E-state index contributed by atoms with van der Waals surface area (Å²) in [6.07, 6.45) is -0.986. The van der Waals surface area contributed by atoms with Gasteiger partial charge in [0.05, 0.1) is 12.1 Å². The van der Waals surface area contributed by atoms with Crippen LogP contribution in [0, 0.1) is 11.3 Å². The number of hydrogen-bond donors (Lipinski definition) is 3. The van der Waals surface area contributed by atoms with Crippen LogP contribution in [0.5, 0.6) is 0 Å². The molecule has 2 unspecified atom stereocenters. The van der Waals surface area contributed by atoms with E-state index in [4.69, 9.17) is 14.7 Å². The monoisotopic (exact) mass is 391 g/mol. The summed E-state index contributed by atoms with van der Waals surface area (Å²) in [6, 6.07) is 10.2. The van der Waals surface area contributed by atoms with Crippen molar-refractivity contribution in [3.8, 4) is 6.07 Å². The Morgan fingerprint density at radius 1 is 1.18 bits per heavy atom. The van der Waals surface area contributed by atoms with Gasteiger partial charge in [-0.05, 0) is 45.6 Å². The second-order valence-corrected chi connectivity index (χ2v) is 7.31. The van der Waals surface area contributed by atoms with Crippen molar-refractivity contribution >= 4 is 12.2 Å². The molecular formula is C20H29N3O5. The molecule has 1 aromatic rings. The Balaban J connectivity index is 2.33. The summed E-state index contributed by atoms with van der Waals surface area (Å²) in [5.41, 5.74) is 0.277.